The van der Waals surface area contributed by atoms with Gasteiger partial charge in [0.25, 0.3) is 0 Å². The van der Waals surface area contributed by atoms with Gasteiger partial charge in [-0.1, -0.05) is 11.6 Å². The average Bonchev–Trinajstić information content (AvgIpc) is 2.20. The number of nitrogens with two attached hydrogens (primary N) is 2. The van der Waals surface area contributed by atoms with E-state index in [1.54, 1.807) is 24.3 Å². The summed E-state index contributed by atoms with van der Waals surface area (Å²) in [4.78, 5) is 11.4. The summed E-state index contributed by atoms with van der Waals surface area (Å²) in [6.45, 7) is 0. The molecule has 0 atom stereocenters. The van der Waals surface area contributed by atoms with Gasteiger partial charge in [0.2, 0.25) is 17.8 Å². The van der Waals surface area contributed by atoms with Crippen LogP contribution >= 0.6 is 11.6 Å². The molecule has 0 saturated carbocycles. The van der Waals surface area contributed by atoms with Crippen molar-refractivity contribution in [2.75, 3.05) is 16.8 Å². The van der Waals surface area contributed by atoms with Crippen molar-refractivity contribution in [3.8, 4) is 0 Å². The molecule has 0 saturated heterocycles. The highest BCUT2D eigenvalue weighted by Gasteiger charge is 2.01. The average molecular weight is 237 g/mol. The molecule has 0 aliphatic heterocycles. The van der Waals surface area contributed by atoms with Gasteiger partial charge in [-0.25, -0.2) is 0 Å². The lowest BCUT2D eigenvalue weighted by molar-refractivity contribution is 1.08. The molecule has 7 heteroatoms. The molecule has 0 amide bonds. The van der Waals surface area contributed by atoms with E-state index in [2.05, 4.69) is 20.3 Å². The van der Waals surface area contributed by atoms with E-state index in [0.29, 0.717) is 11.0 Å². The van der Waals surface area contributed by atoms with E-state index in [-0.39, 0.29) is 11.9 Å². The second-order valence-corrected chi connectivity index (χ2v) is 3.44. The van der Waals surface area contributed by atoms with Crippen LogP contribution in [0, 0.1) is 0 Å². The molecule has 0 aliphatic carbocycles. The van der Waals surface area contributed by atoms with Crippen LogP contribution in [-0.2, 0) is 0 Å². The molecule has 2 rings (SSSR count). The highest BCUT2D eigenvalue weighted by Crippen LogP contribution is 2.16. The smallest absolute Gasteiger partial charge is 0.233 e. The number of nitrogens with zero attached hydrogens (tertiary/aromatic N) is 3. The third kappa shape index (κ3) is 2.48. The number of halogens is 1. The number of anilines is 4. The largest absolute Gasteiger partial charge is 0.368 e. The molecule has 1 aromatic carbocycles. The highest BCUT2D eigenvalue weighted by atomic mass is 35.5. The molecular formula is C9H9ClN6. The van der Waals surface area contributed by atoms with Gasteiger partial charge in [0.05, 0.1) is 0 Å². The van der Waals surface area contributed by atoms with Gasteiger partial charge in [-0.3, -0.25) is 0 Å². The quantitative estimate of drug-likeness (QED) is 0.729. The molecule has 0 bridgehead atoms. The predicted molar refractivity (Wildman–Crippen MR) is 63.4 cm³/mol. The Morgan fingerprint density at radius 2 is 1.50 bits per heavy atom. The van der Waals surface area contributed by atoms with Gasteiger partial charge < -0.3 is 16.8 Å². The first-order valence-electron chi connectivity index (χ1n) is 4.43. The maximum absolute atomic E-state index is 5.76. The summed E-state index contributed by atoms with van der Waals surface area (Å²) < 4.78 is 0. The van der Waals surface area contributed by atoms with E-state index in [4.69, 9.17) is 23.1 Å². The zero-order valence-electron chi connectivity index (χ0n) is 8.18. The van der Waals surface area contributed by atoms with E-state index >= 15 is 0 Å². The summed E-state index contributed by atoms with van der Waals surface area (Å²) in [5.41, 5.74) is 11.7. The van der Waals surface area contributed by atoms with Crippen molar-refractivity contribution in [1.29, 1.82) is 0 Å². The minimum Gasteiger partial charge on any atom is -0.368 e. The molecule has 0 unspecified atom stereocenters. The zero-order valence-corrected chi connectivity index (χ0v) is 8.94. The molecule has 16 heavy (non-hydrogen) atoms. The molecule has 82 valence electrons. The summed E-state index contributed by atoms with van der Waals surface area (Å²) >= 11 is 5.76. The number of rotatable bonds is 2. The van der Waals surface area contributed by atoms with Crippen LogP contribution in [0.2, 0.25) is 5.02 Å². The lowest BCUT2D eigenvalue weighted by atomic mass is 10.3. The fraction of sp³-hybridized carbons (Fsp3) is 0. The van der Waals surface area contributed by atoms with Gasteiger partial charge in [-0.15, -0.1) is 0 Å². The van der Waals surface area contributed by atoms with Gasteiger partial charge in [0.15, 0.2) is 0 Å². The maximum Gasteiger partial charge on any atom is 0.233 e. The Balaban J connectivity index is 2.23. The van der Waals surface area contributed by atoms with E-state index in [9.17, 15) is 0 Å². The molecule has 0 fully saturated rings. The molecule has 5 N–H and O–H groups in total. The van der Waals surface area contributed by atoms with Crippen LogP contribution in [0.4, 0.5) is 23.5 Å². The van der Waals surface area contributed by atoms with Crippen LogP contribution in [0.3, 0.4) is 0 Å². The van der Waals surface area contributed by atoms with Gasteiger partial charge in [0.1, 0.15) is 0 Å². The number of benzene rings is 1. The topological polar surface area (TPSA) is 103 Å². The fourth-order valence-electron chi connectivity index (χ4n) is 1.13. The van der Waals surface area contributed by atoms with Gasteiger partial charge in [-0.05, 0) is 24.3 Å². The van der Waals surface area contributed by atoms with Crippen LogP contribution < -0.4 is 16.8 Å². The number of hydrogen-bond donors (Lipinski definition) is 3. The van der Waals surface area contributed by atoms with E-state index in [1.807, 2.05) is 0 Å². The maximum atomic E-state index is 5.76. The number of nitrogens with one attached hydrogen (secondary N) is 1. The molecule has 1 aromatic heterocycles. The lowest BCUT2D eigenvalue weighted by Gasteiger charge is -2.05. The predicted octanol–water partition coefficient (Wildman–Crippen LogP) is 1.43. The molecule has 2 aromatic rings. The van der Waals surface area contributed by atoms with Crippen LogP contribution in [-0.4, -0.2) is 15.0 Å². The minimum absolute atomic E-state index is 0.0731. The third-order valence-corrected chi connectivity index (χ3v) is 2.02. The van der Waals surface area contributed by atoms with Crippen molar-refractivity contribution >= 4 is 35.1 Å². The fourth-order valence-corrected chi connectivity index (χ4v) is 1.25. The Kier molecular flexibility index (Phi) is 2.74. The summed E-state index contributed by atoms with van der Waals surface area (Å²) in [5.74, 6) is 0.445. The van der Waals surface area contributed by atoms with Crippen molar-refractivity contribution in [2.45, 2.75) is 0 Å². The van der Waals surface area contributed by atoms with E-state index in [0.717, 1.165) is 5.69 Å². The Bertz CT molecular complexity index is 478. The third-order valence-electron chi connectivity index (χ3n) is 1.77. The number of nitrogen functional groups attached to an aromatic ring is 2. The van der Waals surface area contributed by atoms with Crippen molar-refractivity contribution in [3.05, 3.63) is 29.3 Å². The molecule has 1 heterocycles. The molecular weight excluding hydrogens is 228 g/mol. The Hall–Kier alpha value is -2.08. The van der Waals surface area contributed by atoms with Crippen LogP contribution in [0.15, 0.2) is 24.3 Å². The Labute approximate surface area is 96.7 Å². The van der Waals surface area contributed by atoms with Gasteiger partial charge in [0, 0.05) is 10.7 Å². The Morgan fingerprint density at radius 3 is 2.06 bits per heavy atom. The second-order valence-electron chi connectivity index (χ2n) is 3.01. The van der Waals surface area contributed by atoms with Crippen molar-refractivity contribution in [1.82, 2.24) is 15.0 Å². The standard InChI is InChI=1S/C9H9ClN6/c10-5-1-3-6(4-2-5)13-9-15-7(11)14-8(12)16-9/h1-4H,(H5,11,12,13,14,15,16). The lowest BCUT2D eigenvalue weighted by Crippen LogP contribution is -2.06. The van der Waals surface area contributed by atoms with Crippen molar-refractivity contribution in [2.24, 2.45) is 0 Å². The molecule has 0 spiro atoms. The number of hydrogen-bond acceptors (Lipinski definition) is 6. The normalized spacial score (nSPS) is 10.1. The van der Waals surface area contributed by atoms with Crippen LogP contribution in [0.1, 0.15) is 0 Å². The summed E-state index contributed by atoms with van der Waals surface area (Å²) in [5, 5.41) is 3.58. The molecule has 0 aliphatic rings. The number of aromatic nitrogens is 3. The van der Waals surface area contributed by atoms with Gasteiger partial charge in [-0.2, -0.15) is 15.0 Å². The van der Waals surface area contributed by atoms with Crippen LogP contribution in [0.5, 0.6) is 0 Å². The van der Waals surface area contributed by atoms with E-state index in [1.165, 1.54) is 0 Å². The first-order valence-corrected chi connectivity index (χ1v) is 4.81. The van der Waals surface area contributed by atoms with E-state index < -0.39 is 0 Å². The first-order chi connectivity index (χ1) is 7.63. The monoisotopic (exact) mass is 236 g/mol. The van der Waals surface area contributed by atoms with Crippen molar-refractivity contribution < 1.29 is 0 Å². The summed E-state index contributed by atoms with van der Waals surface area (Å²) in [6.07, 6.45) is 0. The summed E-state index contributed by atoms with van der Waals surface area (Å²) in [7, 11) is 0. The first kappa shape index (κ1) is 10.4. The molecule has 0 radical (unpaired) electrons. The zero-order chi connectivity index (χ0) is 11.5. The van der Waals surface area contributed by atoms with Gasteiger partial charge >= 0.3 is 0 Å². The highest BCUT2D eigenvalue weighted by molar-refractivity contribution is 6.30. The molecule has 6 nitrogen and oxygen atoms in total. The van der Waals surface area contributed by atoms with Crippen molar-refractivity contribution in [3.63, 3.8) is 0 Å². The second kappa shape index (κ2) is 4.19. The minimum atomic E-state index is 0.0731. The SMILES string of the molecule is Nc1nc(N)nc(Nc2ccc(Cl)cc2)n1. The Morgan fingerprint density at radius 1 is 0.938 bits per heavy atom. The summed E-state index contributed by atoms with van der Waals surface area (Å²) in [6, 6.07) is 7.08. The van der Waals surface area contributed by atoms with Crippen LogP contribution in [0.25, 0.3) is 0 Å².